The van der Waals surface area contributed by atoms with Crippen LogP contribution in [0.4, 0.5) is 5.82 Å². The van der Waals surface area contributed by atoms with Crippen molar-refractivity contribution in [3.63, 3.8) is 0 Å². The summed E-state index contributed by atoms with van der Waals surface area (Å²) < 4.78 is 5.07. The number of fused-ring (bicyclic) bond motifs is 1. The summed E-state index contributed by atoms with van der Waals surface area (Å²) >= 11 is 0. The van der Waals surface area contributed by atoms with Crippen molar-refractivity contribution < 1.29 is 14.6 Å². The highest BCUT2D eigenvalue weighted by atomic mass is 16.5. The van der Waals surface area contributed by atoms with Crippen LogP contribution < -0.4 is 0 Å². The van der Waals surface area contributed by atoms with Crippen LogP contribution in [0.15, 0.2) is 52.3 Å². The number of aromatic nitrogens is 2. The summed E-state index contributed by atoms with van der Waals surface area (Å²) in [4.78, 5) is 34.2. The molecule has 1 aliphatic heterocycles. The minimum absolute atomic E-state index is 0.0180. The van der Waals surface area contributed by atoms with Gasteiger partial charge < -0.3 is 14.7 Å². The van der Waals surface area contributed by atoms with E-state index in [1.807, 2.05) is 51.1 Å². The summed E-state index contributed by atoms with van der Waals surface area (Å²) in [6.07, 6.45) is 12.1. The number of carbonyl (C=O) groups excluding carboxylic acids is 1. The van der Waals surface area contributed by atoms with Crippen molar-refractivity contribution in [1.82, 2.24) is 14.9 Å². The molecule has 0 saturated carbocycles. The molecule has 3 atom stereocenters. The van der Waals surface area contributed by atoms with Crippen LogP contribution in [-0.4, -0.2) is 76.3 Å². The standard InChI is InChI=1S/C28H39N5O3/c1-19-9-10-21-15-23(31-25-16-22(29-18-30-25)8-7-13-36-6)20(2)14-24(32-28(3,4)5)26(21)27(35)33(17-19)11-12-34/h7-10,15-16,18-20,26,34H,11-14,17H2,1-6H3/b8-7+,10-9?,31-23?,32-24?. The number of amides is 1. The van der Waals surface area contributed by atoms with E-state index in [4.69, 9.17) is 14.7 Å². The van der Waals surface area contributed by atoms with E-state index in [0.29, 0.717) is 31.9 Å². The van der Waals surface area contributed by atoms with Gasteiger partial charge in [-0.2, -0.15) is 0 Å². The van der Waals surface area contributed by atoms with E-state index in [1.54, 1.807) is 12.0 Å². The monoisotopic (exact) mass is 493 g/mol. The number of allylic oxidation sites excluding steroid dienone is 2. The fourth-order valence-electron chi connectivity index (χ4n) is 4.43. The molecule has 36 heavy (non-hydrogen) atoms. The van der Waals surface area contributed by atoms with Crippen molar-refractivity contribution in [2.24, 2.45) is 27.7 Å². The van der Waals surface area contributed by atoms with Crippen LogP contribution in [0.25, 0.3) is 6.08 Å². The largest absolute Gasteiger partial charge is 0.395 e. The molecule has 0 aromatic carbocycles. The second-order valence-electron chi connectivity index (χ2n) is 10.5. The minimum atomic E-state index is -0.507. The molecule has 1 aromatic rings. The molecular weight excluding hydrogens is 454 g/mol. The molecule has 0 spiro atoms. The van der Waals surface area contributed by atoms with Crippen molar-refractivity contribution in [1.29, 1.82) is 0 Å². The SMILES string of the molecule is COC/C=C/c1cc(N=C2C=C3C=CC(C)CN(CCO)C(=O)C3C(=NC(C)(C)C)CC2C)ncn1. The fraction of sp³-hybridized carbons (Fsp3) is 0.536. The fourth-order valence-corrected chi connectivity index (χ4v) is 4.43. The van der Waals surface area contributed by atoms with Crippen LogP contribution in [0.2, 0.25) is 0 Å². The number of aliphatic imine (C=N–C) groups is 2. The summed E-state index contributed by atoms with van der Waals surface area (Å²) in [5.41, 5.74) is 2.98. The van der Waals surface area contributed by atoms with Gasteiger partial charge >= 0.3 is 0 Å². The minimum Gasteiger partial charge on any atom is -0.395 e. The zero-order valence-electron chi connectivity index (χ0n) is 22.3. The zero-order chi connectivity index (χ0) is 26.3. The number of aliphatic hydroxyl groups excluding tert-OH is 1. The second-order valence-corrected chi connectivity index (χ2v) is 10.5. The lowest BCUT2D eigenvalue weighted by molar-refractivity contribution is -0.133. The molecule has 1 N–H and O–H groups in total. The molecule has 194 valence electrons. The van der Waals surface area contributed by atoms with E-state index in [0.717, 1.165) is 22.7 Å². The molecule has 8 heteroatoms. The summed E-state index contributed by atoms with van der Waals surface area (Å²) in [5.74, 6) is 0.224. The zero-order valence-corrected chi connectivity index (χ0v) is 22.3. The third kappa shape index (κ3) is 7.51. The predicted octanol–water partition coefficient (Wildman–Crippen LogP) is 4.06. The Morgan fingerprint density at radius 2 is 2.06 bits per heavy atom. The van der Waals surface area contributed by atoms with Crippen LogP contribution in [0.1, 0.15) is 46.7 Å². The molecule has 0 fully saturated rings. The van der Waals surface area contributed by atoms with Crippen LogP contribution >= 0.6 is 0 Å². The molecule has 0 saturated heterocycles. The van der Waals surface area contributed by atoms with E-state index < -0.39 is 5.92 Å². The van der Waals surface area contributed by atoms with Gasteiger partial charge in [0.05, 0.1) is 24.4 Å². The maximum Gasteiger partial charge on any atom is 0.235 e. The third-order valence-corrected chi connectivity index (χ3v) is 6.00. The Balaban J connectivity index is 2.12. The molecule has 8 nitrogen and oxygen atoms in total. The highest BCUT2D eigenvalue weighted by molar-refractivity contribution is 6.13. The highest BCUT2D eigenvalue weighted by Gasteiger charge is 2.37. The van der Waals surface area contributed by atoms with Crippen LogP contribution in [0.3, 0.4) is 0 Å². The number of β-amino-alcohol motifs (C(OH)–C–C–N with tert-alkyl or cyclic N) is 1. The lowest BCUT2D eigenvalue weighted by Gasteiger charge is -2.32. The molecular formula is C28H39N5O3. The number of carbonyl (C=O) groups is 1. The average molecular weight is 494 g/mol. The summed E-state index contributed by atoms with van der Waals surface area (Å²) in [5, 5.41) is 9.63. The van der Waals surface area contributed by atoms with Gasteiger partial charge in [-0.1, -0.05) is 32.1 Å². The van der Waals surface area contributed by atoms with E-state index in [1.165, 1.54) is 6.33 Å². The number of nitrogens with zero attached hydrogens (tertiary/aromatic N) is 5. The van der Waals surface area contributed by atoms with Gasteiger partial charge in [0.1, 0.15) is 12.2 Å². The van der Waals surface area contributed by atoms with Gasteiger partial charge in [-0.3, -0.25) is 9.79 Å². The van der Waals surface area contributed by atoms with Crippen LogP contribution in [-0.2, 0) is 9.53 Å². The van der Waals surface area contributed by atoms with Crippen molar-refractivity contribution in [2.75, 3.05) is 33.4 Å². The van der Waals surface area contributed by atoms with Gasteiger partial charge in [0.25, 0.3) is 0 Å². The van der Waals surface area contributed by atoms with Crippen LogP contribution in [0.5, 0.6) is 0 Å². The van der Waals surface area contributed by atoms with Crippen molar-refractivity contribution >= 4 is 29.2 Å². The predicted molar refractivity (Wildman–Crippen MR) is 145 cm³/mol. The first-order valence-electron chi connectivity index (χ1n) is 12.6. The van der Waals surface area contributed by atoms with Crippen molar-refractivity contribution in [2.45, 2.75) is 46.6 Å². The number of rotatable bonds is 6. The van der Waals surface area contributed by atoms with E-state index in [-0.39, 0.29) is 29.9 Å². The van der Waals surface area contributed by atoms with E-state index in [2.05, 4.69) is 29.9 Å². The van der Waals surface area contributed by atoms with E-state index >= 15 is 0 Å². The topological polar surface area (TPSA) is 100 Å². The quantitative estimate of drug-likeness (QED) is 0.644. The normalized spacial score (nSPS) is 25.6. The molecule has 0 bridgehead atoms. The molecule has 2 heterocycles. The summed E-state index contributed by atoms with van der Waals surface area (Å²) in [7, 11) is 1.64. The van der Waals surface area contributed by atoms with E-state index in [9.17, 15) is 9.90 Å². The number of aliphatic hydroxyl groups is 1. The van der Waals surface area contributed by atoms with Crippen molar-refractivity contribution in [3.8, 4) is 0 Å². The molecule has 2 aliphatic rings. The number of ether oxygens (including phenoxy) is 1. The van der Waals surface area contributed by atoms with Gasteiger partial charge in [0, 0.05) is 43.6 Å². The molecule has 3 rings (SSSR count). The Labute approximate surface area is 214 Å². The Morgan fingerprint density at radius 1 is 1.28 bits per heavy atom. The van der Waals surface area contributed by atoms with Gasteiger partial charge in [-0.25, -0.2) is 15.0 Å². The molecule has 1 aromatic heterocycles. The van der Waals surface area contributed by atoms with Gasteiger partial charge in [-0.15, -0.1) is 0 Å². The Kier molecular flexibility index (Phi) is 9.45. The van der Waals surface area contributed by atoms with Crippen LogP contribution in [0, 0.1) is 17.8 Å². The van der Waals surface area contributed by atoms with Gasteiger partial charge in [-0.05, 0) is 50.8 Å². The number of hydrogen-bond acceptors (Lipinski definition) is 7. The first-order chi connectivity index (χ1) is 17.1. The average Bonchev–Trinajstić information content (AvgIpc) is 2.91. The highest BCUT2D eigenvalue weighted by Crippen LogP contribution is 2.31. The van der Waals surface area contributed by atoms with Gasteiger partial charge in [0.2, 0.25) is 5.91 Å². The number of hydrogen-bond donors (Lipinski definition) is 1. The Morgan fingerprint density at radius 3 is 2.75 bits per heavy atom. The summed E-state index contributed by atoms with van der Waals surface area (Å²) in [6.45, 7) is 11.6. The summed E-state index contributed by atoms with van der Waals surface area (Å²) in [6, 6.07) is 1.83. The first-order valence-corrected chi connectivity index (χ1v) is 12.6. The first kappa shape index (κ1) is 27.6. The maximum atomic E-state index is 13.8. The smallest absolute Gasteiger partial charge is 0.235 e. The number of methoxy groups -OCH3 is 1. The molecule has 3 unspecified atom stereocenters. The lowest BCUT2D eigenvalue weighted by atomic mass is 9.87. The third-order valence-electron chi connectivity index (χ3n) is 6.00. The lowest BCUT2D eigenvalue weighted by Crippen LogP contribution is -2.44. The molecule has 0 radical (unpaired) electrons. The van der Waals surface area contributed by atoms with Gasteiger partial charge in [0.15, 0.2) is 5.82 Å². The van der Waals surface area contributed by atoms with Crippen molar-refractivity contribution in [3.05, 3.63) is 48.0 Å². The Hall–Kier alpha value is -2.97. The second kappa shape index (κ2) is 12.3. The maximum absolute atomic E-state index is 13.8. The molecule has 1 amide bonds. The Bertz CT molecular complexity index is 1080. The molecule has 1 aliphatic carbocycles.